The Morgan fingerprint density at radius 2 is 0.593 bits per heavy atom. The van der Waals surface area contributed by atoms with Crippen LogP contribution in [-0.4, -0.2) is 274 Å². The minimum atomic E-state index is -0.402. The van der Waals surface area contributed by atoms with E-state index in [2.05, 4.69) is 6.92 Å². The van der Waals surface area contributed by atoms with Gasteiger partial charge in [-0.3, -0.25) is 14.4 Å². The molecule has 24 nitrogen and oxygen atoms in total. The van der Waals surface area contributed by atoms with Gasteiger partial charge >= 0.3 is 17.9 Å². The highest BCUT2D eigenvalue weighted by molar-refractivity contribution is 5.73. The molecule has 0 spiro atoms. The molecule has 24 heteroatoms. The van der Waals surface area contributed by atoms with Crippen LogP contribution in [0.15, 0.2) is 0 Å². The van der Waals surface area contributed by atoms with Crippen molar-refractivity contribution in [2.45, 2.75) is 96.6 Å². The number of epoxide rings is 1. The van der Waals surface area contributed by atoms with Gasteiger partial charge in [0, 0.05) is 18.6 Å². The van der Waals surface area contributed by atoms with E-state index < -0.39 is 5.41 Å². The van der Waals surface area contributed by atoms with Gasteiger partial charge in [0.1, 0.15) is 19.8 Å². The Labute approximate surface area is 481 Å². The number of carbonyl (C=O) groups excluding carboxylic acids is 3. The Bertz CT molecular complexity index is 1390. The van der Waals surface area contributed by atoms with E-state index in [1.54, 1.807) is 0 Å². The summed E-state index contributed by atoms with van der Waals surface area (Å²) in [6, 6.07) is 0. The maximum absolute atomic E-state index is 12.2. The van der Waals surface area contributed by atoms with E-state index in [1.165, 1.54) is 0 Å². The summed E-state index contributed by atoms with van der Waals surface area (Å²) in [5.74, 6) is -0.766. The summed E-state index contributed by atoms with van der Waals surface area (Å²) >= 11 is 0. The fourth-order valence-corrected chi connectivity index (χ4v) is 8.94. The molecule has 7 unspecified atom stereocenters. The standard InChI is InChI=1S/C57H102O24/c1-4-57(45-74-33-30-68-21-18-62-12-15-65-24-27-71-36-39-79-55(59)50-7-9-76-47(2)41-50,46-75-34-31-69-22-19-63-13-16-66-25-28-72-37-40-80-56(60)51-8-10-77-48(3)42-51)44-73-32-29-67-20-17-61-11-14-64-23-26-70-35-38-78-54(58)49-5-6-52-53(43-49)81-52/h47-53H,4-46H2,1-3H3. The minimum absolute atomic E-state index is 0.0566. The first-order chi connectivity index (χ1) is 39.8. The van der Waals surface area contributed by atoms with Crippen molar-refractivity contribution in [2.24, 2.45) is 23.2 Å². The molecule has 4 aliphatic rings. The molecule has 1 saturated carbocycles. The third kappa shape index (κ3) is 36.3. The van der Waals surface area contributed by atoms with Gasteiger partial charge in [-0.05, 0) is 65.2 Å². The highest BCUT2D eigenvalue weighted by Gasteiger charge is 2.46. The molecule has 1 aliphatic carbocycles. The number of esters is 3. The van der Waals surface area contributed by atoms with E-state index in [4.69, 9.17) is 99.5 Å². The van der Waals surface area contributed by atoms with Crippen LogP contribution in [0, 0.1) is 23.2 Å². The second-order valence-electron chi connectivity index (χ2n) is 20.4. The number of hydrogen-bond donors (Lipinski definition) is 0. The molecule has 0 N–H and O–H groups in total. The fourth-order valence-electron chi connectivity index (χ4n) is 8.94. The molecule has 0 aromatic heterocycles. The maximum atomic E-state index is 12.2. The second kappa shape index (κ2) is 47.9. The lowest BCUT2D eigenvalue weighted by Gasteiger charge is -2.32. The van der Waals surface area contributed by atoms with Crippen molar-refractivity contribution >= 4 is 17.9 Å². The van der Waals surface area contributed by atoms with Crippen molar-refractivity contribution < 1.29 is 114 Å². The summed E-state index contributed by atoms with van der Waals surface area (Å²) in [6.07, 6.45) is 6.87. The van der Waals surface area contributed by atoms with Crippen LogP contribution < -0.4 is 0 Å². The van der Waals surface area contributed by atoms with Gasteiger partial charge in [0.25, 0.3) is 0 Å². The lowest BCUT2D eigenvalue weighted by Crippen LogP contribution is -2.38. The first kappa shape index (κ1) is 71.2. The van der Waals surface area contributed by atoms with Crippen molar-refractivity contribution in [3.63, 3.8) is 0 Å². The average molecular weight is 1170 g/mol. The average Bonchev–Trinajstić information content (AvgIpc) is 4.28. The highest BCUT2D eigenvalue weighted by Crippen LogP contribution is 2.39. The summed E-state index contributed by atoms with van der Waals surface area (Å²) in [6.45, 7) is 20.2. The van der Waals surface area contributed by atoms with Gasteiger partial charge < -0.3 is 99.5 Å². The summed E-state index contributed by atoms with van der Waals surface area (Å²) in [7, 11) is 0. The Morgan fingerprint density at radius 3 is 0.852 bits per heavy atom. The highest BCUT2D eigenvalue weighted by atomic mass is 16.6. The lowest BCUT2D eigenvalue weighted by molar-refractivity contribution is -0.155. The molecule has 0 aromatic carbocycles. The Kier molecular flexibility index (Phi) is 42.1. The van der Waals surface area contributed by atoms with Gasteiger partial charge in [-0.25, -0.2) is 0 Å². The zero-order chi connectivity index (χ0) is 57.5. The number of ether oxygens (including phenoxy) is 21. The monoisotopic (exact) mass is 1170 g/mol. The molecule has 7 atom stereocenters. The number of rotatable bonds is 55. The van der Waals surface area contributed by atoms with Crippen molar-refractivity contribution in [1.29, 1.82) is 0 Å². The third-order valence-corrected chi connectivity index (χ3v) is 13.8. The van der Waals surface area contributed by atoms with Crippen LogP contribution in [-0.2, 0) is 114 Å². The van der Waals surface area contributed by atoms with Crippen LogP contribution in [0.2, 0.25) is 0 Å². The van der Waals surface area contributed by atoms with Gasteiger partial charge in [0.05, 0.1) is 240 Å². The van der Waals surface area contributed by atoms with Crippen molar-refractivity contribution in [3.05, 3.63) is 0 Å². The topological polar surface area (TPSA) is 248 Å². The molecule has 3 saturated heterocycles. The van der Waals surface area contributed by atoms with Crippen molar-refractivity contribution in [1.82, 2.24) is 0 Å². The SMILES string of the molecule is CCC(COCCOCCOCCOCCOCCOC(=O)C1CCOC(C)C1)(COCCOCCOCCOCCOCCOC(=O)C1CCOC(C)C1)COCCOCCOCCOCCOCCOC(=O)C1CCC2OC2C1. The first-order valence-corrected chi connectivity index (χ1v) is 29.8. The normalized spacial score (nSPS) is 22.5. The smallest absolute Gasteiger partial charge is 0.309 e. The zero-order valence-corrected chi connectivity index (χ0v) is 49.2. The van der Waals surface area contributed by atoms with E-state index in [-0.39, 0.29) is 73.8 Å². The maximum Gasteiger partial charge on any atom is 0.309 e. The molecule has 0 aromatic rings. The molecule has 4 rings (SSSR count). The van der Waals surface area contributed by atoms with E-state index >= 15 is 0 Å². The quantitative estimate of drug-likeness (QED) is 0.0366. The molecule has 3 aliphatic heterocycles. The van der Waals surface area contributed by atoms with Crippen molar-refractivity contribution in [2.75, 3.05) is 231 Å². The predicted molar refractivity (Wildman–Crippen MR) is 290 cm³/mol. The molecule has 81 heavy (non-hydrogen) atoms. The van der Waals surface area contributed by atoms with Crippen LogP contribution >= 0.6 is 0 Å². The summed E-state index contributed by atoms with van der Waals surface area (Å²) < 4.78 is 118. The van der Waals surface area contributed by atoms with Gasteiger partial charge in [-0.15, -0.1) is 0 Å². The van der Waals surface area contributed by atoms with E-state index in [9.17, 15) is 14.4 Å². The second-order valence-corrected chi connectivity index (χ2v) is 20.4. The Hall–Kier alpha value is -2.31. The molecule has 4 fully saturated rings. The predicted octanol–water partition coefficient (Wildman–Crippen LogP) is 3.46. The van der Waals surface area contributed by atoms with Crippen LogP contribution in [0.25, 0.3) is 0 Å². The van der Waals surface area contributed by atoms with Crippen LogP contribution in [0.1, 0.15) is 72.1 Å². The Balaban J connectivity index is 0.952. The van der Waals surface area contributed by atoms with Gasteiger partial charge in [-0.1, -0.05) is 6.92 Å². The van der Waals surface area contributed by atoms with Crippen molar-refractivity contribution in [3.8, 4) is 0 Å². The van der Waals surface area contributed by atoms with Crippen LogP contribution in [0.3, 0.4) is 0 Å². The van der Waals surface area contributed by atoms with Crippen LogP contribution in [0.4, 0.5) is 0 Å². The summed E-state index contributed by atoms with van der Waals surface area (Å²) in [5, 5.41) is 0. The van der Waals surface area contributed by atoms with Gasteiger partial charge in [0.15, 0.2) is 0 Å². The summed E-state index contributed by atoms with van der Waals surface area (Å²) in [5.41, 5.74) is -0.402. The number of carbonyl (C=O) groups is 3. The van der Waals surface area contributed by atoms with Gasteiger partial charge in [0.2, 0.25) is 0 Å². The zero-order valence-electron chi connectivity index (χ0n) is 49.2. The molecule has 0 bridgehead atoms. The molecular weight excluding hydrogens is 1070 g/mol. The van der Waals surface area contributed by atoms with E-state index in [0.717, 1.165) is 25.7 Å². The molecule has 0 radical (unpaired) electrons. The van der Waals surface area contributed by atoms with Crippen LogP contribution in [0.5, 0.6) is 0 Å². The fraction of sp³-hybridized carbons (Fsp3) is 0.947. The number of fused-ring (bicyclic) bond motifs is 1. The molecule has 474 valence electrons. The third-order valence-electron chi connectivity index (χ3n) is 13.8. The first-order valence-electron chi connectivity index (χ1n) is 29.8. The Morgan fingerprint density at radius 1 is 0.333 bits per heavy atom. The van der Waals surface area contributed by atoms with Gasteiger partial charge in [-0.2, -0.15) is 0 Å². The molecular formula is C57H102O24. The van der Waals surface area contributed by atoms with E-state index in [1.807, 2.05) is 13.8 Å². The largest absolute Gasteiger partial charge is 0.463 e. The molecule has 3 heterocycles. The lowest BCUT2D eigenvalue weighted by atomic mass is 9.88. The number of hydrogen-bond acceptors (Lipinski definition) is 24. The van der Waals surface area contributed by atoms with E-state index in [0.29, 0.717) is 243 Å². The summed E-state index contributed by atoms with van der Waals surface area (Å²) in [4.78, 5) is 36.6. The minimum Gasteiger partial charge on any atom is -0.463 e. The molecule has 0 amide bonds.